The molecule has 0 aromatic carbocycles. The van der Waals surface area contributed by atoms with Crippen LogP contribution in [0.5, 0.6) is 0 Å². The number of carbonyl (C=O) groups is 1. The molecule has 1 fully saturated rings. The van der Waals surface area contributed by atoms with Gasteiger partial charge in [-0.3, -0.25) is 0 Å². The number of hydrogen-bond acceptors (Lipinski definition) is 4. The van der Waals surface area contributed by atoms with E-state index in [9.17, 15) is 4.79 Å². The van der Waals surface area contributed by atoms with Gasteiger partial charge in [0, 0.05) is 12.7 Å². The number of amides is 1. The molecule has 1 aromatic heterocycles. The van der Waals surface area contributed by atoms with E-state index in [4.69, 9.17) is 9.47 Å². The molecule has 2 heterocycles. The molecule has 22 heavy (non-hydrogen) atoms. The number of aromatic nitrogens is 1. The zero-order valence-electron chi connectivity index (χ0n) is 13.3. The maximum Gasteiger partial charge on any atom is 0.410 e. The van der Waals surface area contributed by atoms with Crippen LogP contribution in [-0.2, 0) is 16.1 Å². The molecule has 1 unspecified atom stereocenters. The van der Waals surface area contributed by atoms with Gasteiger partial charge in [-0.1, -0.05) is 0 Å². The van der Waals surface area contributed by atoms with E-state index in [1.807, 2.05) is 32.9 Å². The summed E-state index contributed by atoms with van der Waals surface area (Å²) in [4.78, 5) is 18.1. The van der Waals surface area contributed by atoms with Crippen LogP contribution in [0.3, 0.4) is 0 Å². The molecular weight excluding hydrogens is 348 g/mol. The lowest BCUT2D eigenvalue weighted by Crippen LogP contribution is -2.41. The molecule has 1 amide bonds. The number of ether oxygens (including phenoxy) is 2. The second-order valence-electron chi connectivity index (χ2n) is 6.47. The first-order chi connectivity index (χ1) is 10.3. The fourth-order valence-electron chi connectivity index (χ4n) is 2.42. The summed E-state index contributed by atoms with van der Waals surface area (Å²) in [6.07, 6.45) is 3.45. The van der Waals surface area contributed by atoms with Gasteiger partial charge in [0.2, 0.25) is 0 Å². The van der Waals surface area contributed by atoms with Crippen molar-refractivity contribution in [3.63, 3.8) is 0 Å². The molecule has 1 atom stereocenters. The van der Waals surface area contributed by atoms with E-state index in [2.05, 4.69) is 20.9 Å². The van der Waals surface area contributed by atoms with Crippen molar-refractivity contribution in [1.82, 2.24) is 9.88 Å². The highest BCUT2D eigenvalue weighted by atomic mass is 79.9. The van der Waals surface area contributed by atoms with E-state index in [0.29, 0.717) is 13.2 Å². The fourth-order valence-corrected chi connectivity index (χ4v) is 2.83. The minimum Gasteiger partial charge on any atom is -0.444 e. The maximum atomic E-state index is 12.2. The number of carbonyl (C=O) groups excluding carboxylic acids is 1. The highest BCUT2D eigenvalue weighted by molar-refractivity contribution is 9.10. The lowest BCUT2D eigenvalue weighted by Gasteiger charge is -2.28. The van der Waals surface area contributed by atoms with Gasteiger partial charge in [-0.25, -0.2) is 9.78 Å². The van der Waals surface area contributed by atoms with E-state index < -0.39 is 5.60 Å². The molecule has 6 heteroatoms. The van der Waals surface area contributed by atoms with E-state index in [-0.39, 0.29) is 12.1 Å². The Morgan fingerprint density at radius 1 is 1.50 bits per heavy atom. The third-order valence-electron chi connectivity index (χ3n) is 3.38. The number of nitrogens with zero attached hydrogens (tertiary/aromatic N) is 2. The summed E-state index contributed by atoms with van der Waals surface area (Å²) in [6.45, 7) is 7.43. The fraction of sp³-hybridized carbons (Fsp3) is 0.625. The van der Waals surface area contributed by atoms with Crippen molar-refractivity contribution in [3.8, 4) is 0 Å². The molecule has 0 aliphatic carbocycles. The zero-order chi connectivity index (χ0) is 16.2. The monoisotopic (exact) mass is 370 g/mol. The summed E-state index contributed by atoms with van der Waals surface area (Å²) in [5, 5.41) is 0. The highest BCUT2D eigenvalue weighted by Crippen LogP contribution is 2.21. The predicted molar refractivity (Wildman–Crippen MR) is 87.6 cm³/mol. The summed E-state index contributed by atoms with van der Waals surface area (Å²) in [7, 11) is 0. The molecule has 1 aliphatic heterocycles. The number of rotatable bonds is 4. The molecule has 0 saturated carbocycles. The van der Waals surface area contributed by atoms with Crippen molar-refractivity contribution < 1.29 is 14.3 Å². The normalized spacial score (nSPS) is 18.5. The minimum absolute atomic E-state index is 0.0973. The van der Waals surface area contributed by atoms with Gasteiger partial charge in [0.05, 0.1) is 19.3 Å². The Morgan fingerprint density at radius 3 is 2.95 bits per heavy atom. The quantitative estimate of drug-likeness (QED) is 0.757. The minimum atomic E-state index is -0.464. The number of hydrogen-bond donors (Lipinski definition) is 0. The molecule has 122 valence electrons. The van der Waals surface area contributed by atoms with Crippen LogP contribution in [0.1, 0.15) is 39.2 Å². The zero-order valence-corrected chi connectivity index (χ0v) is 14.9. The van der Waals surface area contributed by atoms with E-state index >= 15 is 0 Å². The molecule has 0 N–H and O–H groups in total. The molecule has 1 aromatic rings. The summed E-state index contributed by atoms with van der Waals surface area (Å²) >= 11 is 3.34. The molecule has 1 saturated heterocycles. The van der Waals surface area contributed by atoms with Crippen LogP contribution >= 0.6 is 15.9 Å². The SMILES string of the molecule is CC(C)(C)OC(=O)N1CCCC1COCc1ccnc(Br)c1. The van der Waals surface area contributed by atoms with E-state index in [1.54, 1.807) is 11.1 Å². The Kier molecular flexibility index (Phi) is 5.81. The number of likely N-dealkylation sites (tertiary alicyclic amines) is 1. The van der Waals surface area contributed by atoms with Gasteiger partial charge < -0.3 is 14.4 Å². The summed E-state index contributed by atoms with van der Waals surface area (Å²) < 4.78 is 12.0. The van der Waals surface area contributed by atoms with Crippen LogP contribution in [0.4, 0.5) is 4.79 Å². The topological polar surface area (TPSA) is 51.7 Å². The largest absolute Gasteiger partial charge is 0.444 e. The lowest BCUT2D eigenvalue weighted by molar-refractivity contribution is 0.00882. The Morgan fingerprint density at radius 2 is 2.27 bits per heavy atom. The van der Waals surface area contributed by atoms with E-state index in [1.165, 1.54) is 0 Å². The molecular formula is C16H23BrN2O3. The average molecular weight is 371 g/mol. The van der Waals surface area contributed by atoms with Crippen molar-refractivity contribution in [1.29, 1.82) is 0 Å². The molecule has 0 radical (unpaired) electrons. The standard InChI is InChI=1S/C16H23BrN2O3/c1-16(2,3)22-15(20)19-8-4-5-13(19)11-21-10-12-6-7-18-14(17)9-12/h6-7,9,13H,4-5,8,10-11H2,1-3H3. The Balaban J connectivity index is 1.82. The van der Waals surface area contributed by atoms with Crippen molar-refractivity contribution >= 4 is 22.0 Å². The number of halogens is 1. The first-order valence-corrected chi connectivity index (χ1v) is 8.32. The van der Waals surface area contributed by atoms with Crippen molar-refractivity contribution in [2.75, 3.05) is 13.2 Å². The van der Waals surface area contributed by atoms with Crippen LogP contribution < -0.4 is 0 Å². The van der Waals surface area contributed by atoms with Gasteiger partial charge in [0.25, 0.3) is 0 Å². The molecule has 0 bridgehead atoms. The lowest BCUT2D eigenvalue weighted by atomic mass is 10.2. The van der Waals surface area contributed by atoms with Gasteiger partial charge >= 0.3 is 6.09 Å². The first-order valence-electron chi connectivity index (χ1n) is 7.53. The average Bonchev–Trinajstić information content (AvgIpc) is 2.85. The van der Waals surface area contributed by atoms with Gasteiger partial charge in [0.1, 0.15) is 10.2 Å². The molecule has 1 aliphatic rings. The van der Waals surface area contributed by atoms with Gasteiger partial charge in [0.15, 0.2) is 0 Å². The Labute approximate surface area is 140 Å². The van der Waals surface area contributed by atoms with Crippen molar-refractivity contribution in [2.45, 2.75) is 51.9 Å². The van der Waals surface area contributed by atoms with Crippen LogP contribution in [0.15, 0.2) is 22.9 Å². The van der Waals surface area contributed by atoms with Crippen molar-refractivity contribution in [3.05, 3.63) is 28.5 Å². The first kappa shape index (κ1) is 17.2. The Hall–Kier alpha value is -1.14. The van der Waals surface area contributed by atoms with Crippen LogP contribution in [-0.4, -0.2) is 40.8 Å². The Bertz CT molecular complexity index is 516. The van der Waals surface area contributed by atoms with Crippen LogP contribution in [0, 0.1) is 0 Å². The second-order valence-corrected chi connectivity index (χ2v) is 7.28. The summed E-state index contributed by atoms with van der Waals surface area (Å²) in [6, 6.07) is 3.95. The molecule has 0 spiro atoms. The predicted octanol–water partition coefficient (Wildman–Crippen LogP) is 3.76. The third-order valence-corrected chi connectivity index (χ3v) is 3.81. The summed E-state index contributed by atoms with van der Waals surface area (Å²) in [5.41, 5.74) is 0.595. The van der Waals surface area contributed by atoms with Gasteiger partial charge in [-0.2, -0.15) is 0 Å². The van der Waals surface area contributed by atoms with Crippen LogP contribution in [0.2, 0.25) is 0 Å². The van der Waals surface area contributed by atoms with Gasteiger partial charge in [-0.15, -0.1) is 0 Å². The van der Waals surface area contributed by atoms with Crippen LogP contribution in [0.25, 0.3) is 0 Å². The van der Waals surface area contributed by atoms with E-state index in [0.717, 1.165) is 29.6 Å². The number of pyridine rings is 1. The van der Waals surface area contributed by atoms with Gasteiger partial charge in [-0.05, 0) is 67.2 Å². The highest BCUT2D eigenvalue weighted by Gasteiger charge is 2.32. The molecule has 5 nitrogen and oxygen atoms in total. The maximum absolute atomic E-state index is 12.2. The summed E-state index contributed by atoms with van der Waals surface area (Å²) in [5.74, 6) is 0. The third kappa shape index (κ3) is 5.25. The smallest absolute Gasteiger partial charge is 0.410 e. The molecule has 2 rings (SSSR count). The second kappa shape index (κ2) is 7.42. The van der Waals surface area contributed by atoms with Crippen molar-refractivity contribution in [2.24, 2.45) is 0 Å².